The van der Waals surface area contributed by atoms with Gasteiger partial charge in [0.2, 0.25) is 10.0 Å². The van der Waals surface area contributed by atoms with E-state index in [1.165, 1.54) is 12.1 Å². The van der Waals surface area contributed by atoms with E-state index in [1.807, 2.05) is 0 Å². The topological polar surface area (TPSA) is 130 Å². The van der Waals surface area contributed by atoms with E-state index < -0.39 is 65.9 Å². The van der Waals surface area contributed by atoms with Crippen molar-refractivity contribution in [3.63, 3.8) is 0 Å². The molecule has 2 fully saturated rings. The minimum atomic E-state index is -4.09. The average molecular weight is 581 g/mol. The molecule has 2 aliphatic rings. The fraction of sp³-hybridized carbons (Fsp3) is 0.435. The Morgan fingerprint density at radius 2 is 1.62 bits per heavy atom. The first kappa shape index (κ1) is 27.8. The standard InChI is InChI=1S/C23H24ClF3N2O6S2/c1-36(32,33)28-11-23(31)13-3-4-14(23)8-16(7-13)37(34,35)20-6-12(2-5-17(20)24)22(30)29-15-9-18(25)21(27)19(26)10-15/h2,5-6,9-10,13-14,16,28,31H,3-4,7-8,11H2,1H3,(H,29,30)/t13?,14?,16-,23-. The van der Waals surface area contributed by atoms with E-state index in [1.54, 1.807) is 0 Å². The number of amides is 1. The van der Waals surface area contributed by atoms with Crippen LogP contribution in [0, 0.1) is 29.3 Å². The fourth-order valence-electron chi connectivity index (χ4n) is 5.27. The number of sulfone groups is 1. The predicted molar refractivity (Wildman–Crippen MR) is 130 cm³/mol. The molecule has 202 valence electrons. The molecule has 3 N–H and O–H groups in total. The number of anilines is 1. The first-order chi connectivity index (χ1) is 17.1. The second kappa shape index (κ2) is 9.84. The van der Waals surface area contributed by atoms with Crippen LogP contribution in [-0.2, 0) is 19.9 Å². The Morgan fingerprint density at radius 1 is 1.05 bits per heavy atom. The van der Waals surface area contributed by atoms with Crippen LogP contribution in [0.5, 0.6) is 0 Å². The molecule has 2 saturated carbocycles. The van der Waals surface area contributed by atoms with Gasteiger partial charge in [-0.15, -0.1) is 0 Å². The molecule has 37 heavy (non-hydrogen) atoms. The Kier molecular flexibility index (Phi) is 7.40. The molecule has 0 radical (unpaired) electrons. The number of nitrogens with one attached hydrogen (secondary N) is 2. The second-order valence-electron chi connectivity index (χ2n) is 9.55. The molecule has 8 nitrogen and oxygen atoms in total. The van der Waals surface area contributed by atoms with Crippen molar-refractivity contribution in [3.8, 4) is 0 Å². The number of carbonyl (C=O) groups is 1. The molecule has 2 atom stereocenters. The highest BCUT2D eigenvalue weighted by Gasteiger charge is 2.55. The van der Waals surface area contributed by atoms with Crippen molar-refractivity contribution in [2.75, 3.05) is 18.1 Å². The molecule has 0 spiro atoms. The van der Waals surface area contributed by atoms with Crippen LogP contribution < -0.4 is 10.0 Å². The summed E-state index contributed by atoms with van der Waals surface area (Å²) in [5.74, 6) is -6.54. The van der Waals surface area contributed by atoms with Gasteiger partial charge in [-0.3, -0.25) is 4.79 Å². The van der Waals surface area contributed by atoms with Gasteiger partial charge in [0.25, 0.3) is 5.91 Å². The summed E-state index contributed by atoms with van der Waals surface area (Å²) in [4.78, 5) is 12.3. The van der Waals surface area contributed by atoms with Gasteiger partial charge < -0.3 is 10.4 Å². The summed E-state index contributed by atoms with van der Waals surface area (Å²) in [6.07, 6.45) is 2.17. The predicted octanol–water partition coefficient (Wildman–Crippen LogP) is 3.25. The van der Waals surface area contributed by atoms with Crippen molar-refractivity contribution in [2.24, 2.45) is 11.8 Å². The zero-order chi connectivity index (χ0) is 27.3. The molecule has 0 aliphatic heterocycles. The number of hydrogen-bond donors (Lipinski definition) is 3. The Bertz CT molecular complexity index is 1430. The van der Waals surface area contributed by atoms with Gasteiger partial charge in [-0.25, -0.2) is 34.7 Å². The lowest BCUT2D eigenvalue weighted by atomic mass is 9.74. The van der Waals surface area contributed by atoms with Crippen LogP contribution in [0.15, 0.2) is 35.2 Å². The van der Waals surface area contributed by atoms with Crippen LogP contribution in [0.1, 0.15) is 36.0 Å². The molecule has 2 aliphatic carbocycles. The highest BCUT2D eigenvalue weighted by Crippen LogP contribution is 2.52. The summed E-state index contributed by atoms with van der Waals surface area (Å²) in [6.45, 7) is -0.213. The molecule has 2 aromatic rings. The van der Waals surface area contributed by atoms with Gasteiger partial charge in [0, 0.05) is 29.9 Å². The molecule has 2 unspecified atom stereocenters. The lowest BCUT2D eigenvalue weighted by molar-refractivity contribution is -0.0525. The molecular formula is C23H24ClF3N2O6S2. The largest absolute Gasteiger partial charge is 0.388 e. The molecule has 1 amide bonds. The Labute approximate surface area is 217 Å². The zero-order valence-electron chi connectivity index (χ0n) is 19.5. The Balaban J connectivity index is 1.56. The molecule has 2 aromatic carbocycles. The van der Waals surface area contributed by atoms with Crippen molar-refractivity contribution >= 4 is 43.1 Å². The fourth-order valence-corrected chi connectivity index (χ4v) is 8.17. The van der Waals surface area contributed by atoms with Gasteiger partial charge in [-0.1, -0.05) is 11.6 Å². The van der Waals surface area contributed by atoms with Crippen molar-refractivity contribution < 1.29 is 39.9 Å². The first-order valence-corrected chi connectivity index (χ1v) is 15.1. The SMILES string of the molecule is CS(=O)(=O)NC[C@]1(O)C2CCC1C[C@@H](S(=O)(=O)c1cc(C(=O)Nc3cc(F)c(F)c(F)c3)ccc1Cl)C2. The maximum absolute atomic E-state index is 13.6. The normalized spacial score (nSPS) is 25.7. The monoisotopic (exact) mass is 580 g/mol. The highest BCUT2D eigenvalue weighted by atomic mass is 35.5. The summed E-state index contributed by atoms with van der Waals surface area (Å²) in [5.41, 5.74) is -1.91. The van der Waals surface area contributed by atoms with Crippen LogP contribution in [-0.4, -0.2) is 51.5 Å². The molecular weight excluding hydrogens is 557 g/mol. The molecule has 0 heterocycles. The van der Waals surface area contributed by atoms with Crippen molar-refractivity contribution in [2.45, 2.75) is 41.4 Å². The third-order valence-corrected chi connectivity index (χ3v) is 10.5. The maximum atomic E-state index is 13.6. The summed E-state index contributed by atoms with van der Waals surface area (Å²) in [7, 11) is -7.65. The number of benzene rings is 2. The lowest BCUT2D eigenvalue weighted by Gasteiger charge is -2.42. The van der Waals surface area contributed by atoms with Gasteiger partial charge in [0.1, 0.15) is 0 Å². The van der Waals surface area contributed by atoms with Gasteiger partial charge >= 0.3 is 0 Å². The van der Waals surface area contributed by atoms with Gasteiger partial charge in [-0.2, -0.15) is 0 Å². The van der Waals surface area contributed by atoms with Gasteiger partial charge in [0.15, 0.2) is 27.3 Å². The van der Waals surface area contributed by atoms with Crippen molar-refractivity contribution in [1.29, 1.82) is 0 Å². The third kappa shape index (κ3) is 5.51. The van der Waals surface area contributed by atoms with Crippen LogP contribution >= 0.6 is 11.6 Å². The summed E-state index contributed by atoms with van der Waals surface area (Å²) in [5, 5.41) is 12.3. The molecule has 0 saturated heterocycles. The third-order valence-electron chi connectivity index (χ3n) is 7.17. The van der Waals surface area contributed by atoms with E-state index in [4.69, 9.17) is 11.6 Å². The molecule has 4 rings (SSSR count). The first-order valence-electron chi connectivity index (χ1n) is 11.3. The van der Waals surface area contributed by atoms with E-state index in [-0.39, 0.29) is 40.6 Å². The summed E-state index contributed by atoms with van der Waals surface area (Å²) < 4.78 is 92.7. The Hall–Kier alpha value is -2.19. The Morgan fingerprint density at radius 3 is 2.16 bits per heavy atom. The average Bonchev–Trinajstić information content (AvgIpc) is 2.97. The second-order valence-corrected chi connectivity index (χ2v) is 14.0. The van der Waals surface area contributed by atoms with Gasteiger partial charge in [-0.05, 0) is 55.7 Å². The van der Waals surface area contributed by atoms with Crippen LogP contribution in [0.4, 0.5) is 18.9 Å². The number of aliphatic hydroxyl groups is 1. The number of carbonyl (C=O) groups excluding carboxylic acids is 1. The number of halogens is 4. The minimum absolute atomic E-state index is 0.0711. The smallest absolute Gasteiger partial charge is 0.255 e. The summed E-state index contributed by atoms with van der Waals surface area (Å²) >= 11 is 6.19. The molecule has 0 aromatic heterocycles. The van der Waals surface area contributed by atoms with Gasteiger partial charge in [0.05, 0.1) is 27.0 Å². The van der Waals surface area contributed by atoms with Crippen molar-refractivity contribution in [1.82, 2.24) is 4.72 Å². The van der Waals surface area contributed by atoms with E-state index in [2.05, 4.69) is 10.0 Å². The van der Waals surface area contributed by atoms with Crippen LogP contribution in [0.3, 0.4) is 0 Å². The van der Waals surface area contributed by atoms with E-state index >= 15 is 0 Å². The summed E-state index contributed by atoms with van der Waals surface area (Å²) in [6, 6.07) is 4.66. The highest BCUT2D eigenvalue weighted by molar-refractivity contribution is 7.92. The van der Waals surface area contributed by atoms with Crippen LogP contribution in [0.2, 0.25) is 5.02 Å². The lowest BCUT2D eigenvalue weighted by Crippen LogP contribution is -2.54. The maximum Gasteiger partial charge on any atom is 0.255 e. The number of sulfonamides is 1. The zero-order valence-corrected chi connectivity index (χ0v) is 21.9. The number of rotatable bonds is 7. The molecule has 2 bridgehead atoms. The van der Waals surface area contributed by atoms with E-state index in [9.17, 15) is 39.9 Å². The number of fused-ring (bicyclic) bond motifs is 2. The molecule has 14 heteroatoms. The van der Waals surface area contributed by atoms with Crippen LogP contribution in [0.25, 0.3) is 0 Å². The van der Waals surface area contributed by atoms with Crippen molar-refractivity contribution in [3.05, 3.63) is 58.4 Å². The van der Waals surface area contributed by atoms with E-state index in [0.29, 0.717) is 25.0 Å². The quantitative estimate of drug-likeness (QED) is 0.431. The van der Waals surface area contributed by atoms with E-state index in [0.717, 1.165) is 12.3 Å². The minimum Gasteiger partial charge on any atom is -0.388 e. The number of hydrogen-bond acceptors (Lipinski definition) is 6.